The van der Waals surface area contributed by atoms with Crippen molar-refractivity contribution in [3.05, 3.63) is 16.1 Å². The first-order valence-electron chi connectivity index (χ1n) is 6.08. The second-order valence-corrected chi connectivity index (χ2v) is 5.62. The van der Waals surface area contributed by atoms with Gasteiger partial charge in [0.2, 0.25) is 0 Å². The average molecular weight is 285 g/mol. The van der Waals surface area contributed by atoms with Gasteiger partial charge >= 0.3 is 12.0 Å². The van der Waals surface area contributed by atoms with Crippen molar-refractivity contribution in [1.29, 1.82) is 0 Å². The fraction of sp³-hybridized carbons (Fsp3) is 0.583. The monoisotopic (exact) mass is 285 g/mol. The molecule has 0 fully saturated rings. The SMILES string of the molecule is CCCC(C)(NC(=O)NCc1csc(C)n1)C(=O)O. The van der Waals surface area contributed by atoms with Crippen LogP contribution in [0.15, 0.2) is 5.38 Å². The van der Waals surface area contributed by atoms with E-state index in [0.717, 1.165) is 10.7 Å². The number of aromatic nitrogens is 1. The van der Waals surface area contributed by atoms with Gasteiger partial charge in [-0.1, -0.05) is 13.3 Å². The number of amides is 2. The molecular formula is C12H19N3O3S. The van der Waals surface area contributed by atoms with E-state index in [-0.39, 0.29) is 6.54 Å². The third-order valence-corrected chi connectivity index (χ3v) is 3.53. The van der Waals surface area contributed by atoms with Crippen LogP contribution in [0.3, 0.4) is 0 Å². The fourth-order valence-corrected chi connectivity index (χ4v) is 2.29. The highest BCUT2D eigenvalue weighted by molar-refractivity contribution is 7.09. The zero-order valence-electron chi connectivity index (χ0n) is 11.3. The lowest BCUT2D eigenvalue weighted by atomic mass is 9.97. The zero-order valence-corrected chi connectivity index (χ0v) is 12.1. The third-order valence-electron chi connectivity index (χ3n) is 2.71. The Labute approximate surface area is 116 Å². The summed E-state index contributed by atoms with van der Waals surface area (Å²) in [4.78, 5) is 27.1. The molecule has 0 aromatic carbocycles. The van der Waals surface area contributed by atoms with Crippen LogP contribution in [0.5, 0.6) is 0 Å². The number of nitrogens with one attached hydrogen (secondary N) is 2. The molecule has 0 saturated heterocycles. The molecule has 1 unspecified atom stereocenters. The predicted octanol–water partition coefficient (Wildman–Crippen LogP) is 1.89. The highest BCUT2D eigenvalue weighted by Gasteiger charge is 2.33. The molecule has 19 heavy (non-hydrogen) atoms. The number of carbonyl (C=O) groups excluding carboxylic acids is 1. The van der Waals surface area contributed by atoms with Crippen molar-refractivity contribution in [3.8, 4) is 0 Å². The van der Waals surface area contributed by atoms with Gasteiger partial charge in [0.1, 0.15) is 5.54 Å². The van der Waals surface area contributed by atoms with Crippen molar-refractivity contribution >= 4 is 23.3 Å². The maximum atomic E-state index is 11.7. The van der Waals surface area contributed by atoms with E-state index in [0.29, 0.717) is 12.8 Å². The van der Waals surface area contributed by atoms with Crippen LogP contribution in [-0.4, -0.2) is 27.6 Å². The Kier molecular flexibility index (Phi) is 5.29. The number of thiazole rings is 1. The standard InChI is InChI=1S/C12H19N3O3S/c1-4-5-12(3,10(16)17)15-11(18)13-6-9-7-19-8(2)14-9/h7H,4-6H2,1-3H3,(H,16,17)(H2,13,15,18). The van der Waals surface area contributed by atoms with Crippen LogP contribution < -0.4 is 10.6 Å². The van der Waals surface area contributed by atoms with Gasteiger partial charge in [-0.05, 0) is 20.3 Å². The molecule has 0 aliphatic carbocycles. The first-order chi connectivity index (χ1) is 8.87. The fourth-order valence-electron chi connectivity index (χ4n) is 1.68. The molecule has 3 N–H and O–H groups in total. The lowest BCUT2D eigenvalue weighted by Crippen LogP contribution is -2.55. The lowest BCUT2D eigenvalue weighted by Gasteiger charge is -2.25. The van der Waals surface area contributed by atoms with Gasteiger partial charge in [0.05, 0.1) is 17.2 Å². The van der Waals surface area contributed by atoms with E-state index in [1.807, 2.05) is 19.2 Å². The van der Waals surface area contributed by atoms with Crippen LogP contribution >= 0.6 is 11.3 Å². The summed E-state index contributed by atoms with van der Waals surface area (Å²) >= 11 is 1.51. The largest absolute Gasteiger partial charge is 0.480 e. The molecule has 0 spiro atoms. The number of aryl methyl sites for hydroxylation is 1. The quantitative estimate of drug-likeness (QED) is 0.744. The molecule has 1 heterocycles. The van der Waals surface area contributed by atoms with E-state index < -0.39 is 17.5 Å². The molecule has 0 saturated carbocycles. The third kappa shape index (κ3) is 4.51. The smallest absolute Gasteiger partial charge is 0.329 e. The van der Waals surface area contributed by atoms with E-state index in [1.54, 1.807) is 0 Å². The number of urea groups is 1. The summed E-state index contributed by atoms with van der Waals surface area (Å²) in [6.07, 6.45) is 1.06. The molecule has 1 rings (SSSR count). The number of carboxylic acid groups (broad SMARTS) is 1. The number of hydrogen-bond donors (Lipinski definition) is 3. The summed E-state index contributed by atoms with van der Waals surface area (Å²) in [6.45, 7) is 5.55. The van der Waals surface area contributed by atoms with Crippen LogP contribution in [-0.2, 0) is 11.3 Å². The van der Waals surface area contributed by atoms with Crippen LogP contribution in [0, 0.1) is 6.92 Å². The van der Waals surface area contributed by atoms with Gasteiger partial charge in [-0.3, -0.25) is 0 Å². The molecule has 0 aliphatic heterocycles. The minimum absolute atomic E-state index is 0.290. The van der Waals surface area contributed by atoms with Crippen molar-refractivity contribution in [2.45, 2.75) is 45.7 Å². The molecule has 0 aliphatic rings. The summed E-state index contributed by atoms with van der Waals surface area (Å²) in [5.74, 6) is -1.03. The van der Waals surface area contributed by atoms with Crippen LogP contribution in [0.4, 0.5) is 4.79 Å². The van der Waals surface area contributed by atoms with Crippen molar-refractivity contribution in [2.24, 2.45) is 0 Å². The Morgan fingerprint density at radius 2 is 2.21 bits per heavy atom. The van der Waals surface area contributed by atoms with Gasteiger partial charge in [0.25, 0.3) is 0 Å². The number of carboxylic acids is 1. The van der Waals surface area contributed by atoms with E-state index >= 15 is 0 Å². The average Bonchev–Trinajstić information content (AvgIpc) is 2.72. The van der Waals surface area contributed by atoms with Gasteiger partial charge in [0.15, 0.2) is 0 Å². The van der Waals surface area contributed by atoms with Crippen LogP contribution in [0.1, 0.15) is 37.4 Å². The summed E-state index contributed by atoms with van der Waals surface area (Å²) in [6, 6.07) is -0.496. The minimum Gasteiger partial charge on any atom is -0.480 e. The van der Waals surface area contributed by atoms with E-state index in [4.69, 9.17) is 5.11 Å². The summed E-state index contributed by atoms with van der Waals surface area (Å²) in [7, 11) is 0. The zero-order chi connectivity index (χ0) is 14.5. The first-order valence-corrected chi connectivity index (χ1v) is 6.95. The van der Waals surface area contributed by atoms with Gasteiger partial charge < -0.3 is 15.7 Å². The molecule has 6 nitrogen and oxygen atoms in total. The number of nitrogens with zero attached hydrogens (tertiary/aromatic N) is 1. The van der Waals surface area contributed by atoms with Crippen molar-refractivity contribution < 1.29 is 14.7 Å². The molecule has 0 bridgehead atoms. The Balaban J connectivity index is 2.51. The molecular weight excluding hydrogens is 266 g/mol. The molecule has 2 amide bonds. The van der Waals surface area contributed by atoms with E-state index in [1.165, 1.54) is 18.3 Å². The van der Waals surface area contributed by atoms with Gasteiger partial charge in [-0.15, -0.1) is 11.3 Å². The van der Waals surface area contributed by atoms with Crippen molar-refractivity contribution in [1.82, 2.24) is 15.6 Å². The summed E-state index contributed by atoms with van der Waals surface area (Å²) < 4.78 is 0. The maximum absolute atomic E-state index is 11.7. The molecule has 0 radical (unpaired) electrons. The van der Waals surface area contributed by atoms with Gasteiger partial charge in [-0.2, -0.15) is 0 Å². The van der Waals surface area contributed by atoms with Crippen LogP contribution in [0.2, 0.25) is 0 Å². The molecule has 106 valence electrons. The van der Waals surface area contributed by atoms with Crippen molar-refractivity contribution in [3.63, 3.8) is 0 Å². The normalized spacial score (nSPS) is 13.6. The Morgan fingerprint density at radius 3 is 2.68 bits per heavy atom. The second kappa shape index (κ2) is 6.51. The topological polar surface area (TPSA) is 91.3 Å². The van der Waals surface area contributed by atoms with Crippen molar-refractivity contribution in [2.75, 3.05) is 0 Å². The second-order valence-electron chi connectivity index (χ2n) is 4.55. The summed E-state index contributed by atoms with van der Waals surface area (Å²) in [5.41, 5.74) is -0.471. The van der Waals surface area contributed by atoms with Crippen LogP contribution in [0.25, 0.3) is 0 Å². The number of aliphatic carboxylic acids is 1. The maximum Gasteiger partial charge on any atom is 0.329 e. The first kappa shape index (κ1) is 15.4. The predicted molar refractivity (Wildman–Crippen MR) is 73.2 cm³/mol. The molecule has 7 heteroatoms. The minimum atomic E-state index is -1.24. The highest BCUT2D eigenvalue weighted by Crippen LogP contribution is 2.12. The number of hydrogen-bond acceptors (Lipinski definition) is 4. The molecule has 1 atom stereocenters. The molecule has 1 aromatic heterocycles. The Morgan fingerprint density at radius 1 is 1.53 bits per heavy atom. The van der Waals surface area contributed by atoms with Gasteiger partial charge in [0, 0.05) is 5.38 Å². The number of carbonyl (C=O) groups is 2. The van der Waals surface area contributed by atoms with E-state index in [2.05, 4.69) is 15.6 Å². The Hall–Kier alpha value is -1.63. The lowest BCUT2D eigenvalue weighted by molar-refractivity contribution is -0.144. The molecule has 1 aromatic rings. The van der Waals surface area contributed by atoms with E-state index in [9.17, 15) is 9.59 Å². The number of rotatable bonds is 6. The summed E-state index contributed by atoms with van der Waals surface area (Å²) in [5, 5.41) is 17.0. The highest BCUT2D eigenvalue weighted by atomic mass is 32.1. The Bertz CT molecular complexity index is 461. The van der Waals surface area contributed by atoms with Gasteiger partial charge in [-0.25, -0.2) is 14.6 Å².